The standard InChI is InChI=1S/C31H40N8O5/c1-30(2,3)44-29(42)38-31(4,5)9-10-34-27(40)23-17-35-25(26-8-7-22-13-20(15-32)16-36-39(22)26)14-24(23)37-21-11-19(12-21)18-43-28(41)33-6/h7-8,13-14,16-17,19,21H,9-12,18H2,1-6H3,(H,33,41)(H,34,40)(H,35,37)(H,38,42). The Labute approximate surface area is 256 Å². The summed E-state index contributed by atoms with van der Waals surface area (Å²) in [5, 5.41) is 25.3. The molecule has 3 heterocycles. The van der Waals surface area contributed by atoms with E-state index in [0.717, 1.165) is 18.4 Å². The van der Waals surface area contributed by atoms with Gasteiger partial charge in [0, 0.05) is 31.4 Å². The molecule has 3 aromatic rings. The fraction of sp³-hybridized carbons (Fsp3) is 0.484. The number of hydrogen-bond acceptors (Lipinski definition) is 9. The number of ether oxygens (including phenoxy) is 2. The number of amides is 3. The van der Waals surface area contributed by atoms with Crippen molar-refractivity contribution >= 4 is 29.3 Å². The average molecular weight is 605 g/mol. The van der Waals surface area contributed by atoms with E-state index in [-0.39, 0.29) is 17.9 Å². The monoisotopic (exact) mass is 604 g/mol. The number of hydrogen-bond donors (Lipinski definition) is 4. The molecule has 3 aromatic heterocycles. The number of anilines is 1. The molecule has 4 N–H and O–H groups in total. The van der Waals surface area contributed by atoms with Crippen molar-refractivity contribution in [3.63, 3.8) is 0 Å². The highest BCUT2D eigenvalue weighted by Gasteiger charge is 2.31. The first kappa shape index (κ1) is 32.1. The maximum Gasteiger partial charge on any atom is 0.408 e. The second-order valence-electron chi connectivity index (χ2n) is 12.6. The summed E-state index contributed by atoms with van der Waals surface area (Å²) in [4.78, 5) is 41.7. The van der Waals surface area contributed by atoms with Crippen LogP contribution in [-0.4, -0.2) is 70.1 Å². The number of nitrogens with zero attached hydrogens (tertiary/aromatic N) is 4. The van der Waals surface area contributed by atoms with Crippen molar-refractivity contribution in [3.05, 3.63) is 47.8 Å². The van der Waals surface area contributed by atoms with E-state index in [1.807, 2.05) is 32.0 Å². The third-order valence-electron chi connectivity index (χ3n) is 7.16. The SMILES string of the molecule is CNC(=O)OCC1CC(Nc2cc(-c3ccc4cc(C#N)cnn34)ncc2C(=O)NCCC(C)(C)NC(=O)OC(C)(C)C)C1. The van der Waals surface area contributed by atoms with Gasteiger partial charge in [-0.1, -0.05) is 0 Å². The Kier molecular flexibility index (Phi) is 9.62. The highest BCUT2D eigenvalue weighted by Crippen LogP contribution is 2.33. The van der Waals surface area contributed by atoms with Gasteiger partial charge in [0.15, 0.2) is 0 Å². The largest absolute Gasteiger partial charge is 0.449 e. The molecule has 0 saturated heterocycles. The molecule has 44 heavy (non-hydrogen) atoms. The molecule has 13 nitrogen and oxygen atoms in total. The van der Waals surface area contributed by atoms with E-state index in [1.165, 1.54) is 19.4 Å². The lowest BCUT2D eigenvalue weighted by Crippen LogP contribution is -2.47. The smallest absolute Gasteiger partial charge is 0.408 e. The van der Waals surface area contributed by atoms with Crippen LogP contribution < -0.4 is 21.3 Å². The lowest BCUT2D eigenvalue weighted by atomic mass is 9.80. The number of pyridine rings is 1. The van der Waals surface area contributed by atoms with Crippen LogP contribution in [0.3, 0.4) is 0 Å². The Morgan fingerprint density at radius 2 is 1.84 bits per heavy atom. The highest BCUT2D eigenvalue weighted by molar-refractivity contribution is 6.00. The molecule has 0 unspecified atom stereocenters. The quantitative estimate of drug-likeness (QED) is 0.264. The van der Waals surface area contributed by atoms with Crippen molar-refractivity contribution in [2.24, 2.45) is 5.92 Å². The first-order chi connectivity index (χ1) is 20.8. The van der Waals surface area contributed by atoms with Crippen LogP contribution in [0.4, 0.5) is 15.3 Å². The number of aromatic nitrogens is 3. The third-order valence-corrected chi connectivity index (χ3v) is 7.16. The maximum atomic E-state index is 13.4. The van der Waals surface area contributed by atoms with Crippen molar-refractivity contribution in [3.8, 4) is 17.5 Å². The second kappa shape index (κ2) is 13.2. The van der Waals surface area contributed by atoms with E-state index in [9.17, 15) is 19.6 Å². The summed E-state index contributed by atoms with van der Waals surface area (Å²) in [6.45, 7) is 9.75. The van der Waals surface area contributed by atoms with Gasteiger partial charge in [-0.15, -0.1) is 0 Å². The molecule has 234 valence electrons. The van der Waals surface area contributed by atoms with E-state index in [0.29, 0.717) is 47.8 Å². The lowest BCUT2D eigenvalue weighted by Gasteiger charge is -2.36. The number of nitriles is 1. The van der Waals surface area contributed by atoms with Gasteiger partial charge < -0.3 is 30.7 Å². The highest BCUT2D eigenvalue weighted by atomic mass is 16.6. The summed E-state index contributed by atoms with van der Waals surface area (Å²) in [5.41, 5.74) is 2.26. The third kappa shape index (κ3) is 8.37. The molecule has 0 spiro atoms. The number of nitrogens with one attached hydrogen (secondary N) is 4. The zero-order valence-corrected chi connectivity index (χ0v) is 26.0. The molecule has 3 amide bonds. The summed E-state index contributed by atoms with van der Waals surface area (Å²) in [5.74, 6) is -0.0913. The Hall–Kier alpha value is -4.86. The maximum absolute atomic E-state index is 13.4. The molecule has 1 fully saturated rings. The van der Waals surface area contributed by atoms with Gasteiger partial charge in [0.25, 0.3) is 5.91 Å². The van der Waals surface area contributed by atoms with Gasteiger partial charge in [0.2, 0.25) is 0 Å². The zero-order valence-electron chi connectivity index (χ0n) is 26.0. The molecule has 1 aliphatic rings. The number of rotatable bonds is 10. The summed E-state index contributed by atoms with van der Waals surface area (Å²) in [6, 6.07) is 9.45. The van der Waals surface area contributed by atoms with Gasteiger partial charge in [-0.3, -0.25) is 9.78 Å². The van der Waals surface area contributed by atoms with Crippen molar-refractivity contribution < 1.29 is 23.9 Å². The first-order valence-electron chi connectivity index (χ1n) is 14.6. The van der Waals surface area contributed by atoms with Gasteiger partial charge in [-0.2, -0.15) is 10.4 Å². The fourth-order valence-electron chi connectivity index (χ4n) is 4.85. The lowest BCUT2D eigenvalue weighted by molar-refractivity contribution is 0.0468. The molecular weight excluding hydrogens is 564 g/mol. The van der Waals surface area contributed by atoms with Crippen LogP contribution in [0.15, 0.2) is 36.7 Å². The predicted molar refractivity (Wildman–Crippen MR) is 164 cm³/mol. The van der Waals surface area contributed by atoms with Crippen LogP contribution in [0.25, 0.3) is 16.9 Å². The molecule has 0 aromatic carbocycles. The molecule has 0 radical (unpaired) electrons. The van der Waals surface area contributed by atoms with Crippen LogP contribution >= 0.6 is 0 Å². The van der Waals surface area contributed by atoms with Crippen LogP contribution in [0.2, 0.25) is 0 Å². The second-order valence-corrected chi connectivity index (χ2v) is 12.6. The minimum Gasteiger partial charge on any atom is -0.449 e. The Morgan fingerprint density at radius 1 is 1.09 bits per heavy atom. The summed E-state index contributed by atoms with van der Waals surface area (Å²) in [7, 11) is 1.52. The minimum absolute atomic E-state index is 0.0763. The van der Waals surface area contributed by atoms with E-state index < -0.39 is 23.3 Å². The van der Waals surface area contributed by atoms with Gasteiger partial charge in [0.05, 0.1) is 46.5 Å². The van der Waals surface area contributed by atoms with Crippen molar-refractivity contribution in [2.45, 2.75) is 71.1 Å². The molecule has 0 aliphatic heterocycles. The van der Waals surface area contributed by atoms with Crippen LogP contribution in [0, 0.1) is 17.2 Å². The first-order valence-corrected chi connectivity index (χ1v) is 14.6. The molecule has 1 saturated carbocycles. The molecular formula is C31H40N8O5. The normalized spacial score (nSPS) is 16.3. The van der Waals surface area contributed by atoms with Crippen molar-refractivity contribution in [1.82, 2.24) is 30.5 Å². The van der Waals surface area contributed by atoms with Gasteiger partial charge in [0.1, 0.15) is 11.7 Å². The summed E-state index contributed by atoms with van der Waals surface area (Å²) < 4.78 is 12.2. The van der Waals surface area contributed by atoms with E-state index in [1.54, 1.807) is 31.4 Å². The summed E-state index contributed by atoms with van der Waals surface area (Å²) >= 11 is 0. The van der Waals surface area contributed by atoms with E-state index >= 15 is 0 Å². The number of carbonyl (C=O) groups excluding carboxylic acids is 3. The molecule has 1 aliphatic carbocycles. The van der Waals surface area contributed by atoms with Gasteiger partial charge in [-0.05, 0) is 84.1 Å². The van der Waals surface area contributed by atoms with E-state index in [2.05, 4.69) is 37.4 Å². The zero-order chi connectivity index (χ0) is 32.1. The van der Waals surface area contributed by atoms with Gasteiger partial charge >= 0.3 is 12.2 Å². The number of fused-ring (bicyclic) bond motifs is 1. The summed E-state index contributed by atoms with van der Waals surface area (Å²) in [6.07, 6.45) is 4.06. The minimum atomic E-state index is -0.620. The Bertz CT molecular complexity index is 1560. The van der Waals surface area contributed by atoms with Crippen LogP contribution in [0.5, 0.6) is 0 Å². The van der Waals surface area contributed by atoms with Crippen molar-refractivity contribution in [1.29, 1.82) is 5.26 Å². The van der Waals surface area contributed by atoms with E-state index in [4.69, 9.17) is 9.47 Å². The van der Waals surface area contributed by atoms with Crippen LogP contribution in [0.1, 0.15) is 69.8 Å². The molecule has 0 bridgehead atoms. The Morgan fingerprint density at radius 3 is 2.52 bits per heavy atom. The van der Waals surface area contributed by atoms with Crippen molar-refractivity contribution in [2.75, 3.05) is 25.5 Å². The average Bonchev–Trinajstić information content (AvgIpc) is 3.35. The topological polar surface area (TPSA) is 172 Å². The molecule has 0 atom stereocenters. The molecule has 13 heteroatoms. The number of alkyl carbamates (subject to hydrolysis) is 2. The fourth-order valence-corrected chi connectivity index (χ4v) is 4.85. The number of carbonyl (C=O) groups is 3. The van der Waals surface area contributed by atoms with Crippen LogP contribution in [-0.2, 0) is 9.47 Å². The van der Waals surface area contributed by atoms with Gasteiger partial charge in [-0.25, -0.2) is 14.1 Å². The molecule has 4 rings (SSSR count). The Balaban J connectivity index is 1.48. The predicted octanol–water partition coefficient (Wildman–Crippen LogP) is 4.24.